The highest BCUT2D eigenvalue weighted by Gasteiger charge is 2.33. The Morgan fingerprint density at radius 3 is 2.48 bits per heavy atom. The van der Waals surface area contributed by atoms with E-state index in [4.69, 9.17) is 0 Å². The monoisotopic (exact) mass is 378 g/mol. The van der Waals surface area contributed by atoms with Crippen molar-refractivity contribution in [2.24, 2.45) is 0 Å². The summed E-state index contributed by atoms with van der Waals surface area (Å²) in [5, 5.41) is 2.10. The molecule has 25 heavy (non-hydrogen) atoms. The Morgan fingerprint density at radius 1 is 1.24 bits per heavy atom. The van der Waals surface area contributed by atoms with Crippen LogP contribution in [0.5, 0.6) is 0 Å². The number of anilines is 1. The number of nitrogens with zero attached hydrogens (tertiary/aromatic N) is 1. The third kappa shape index (κ3) is 4.71. The van der Waals surface area contributed by atoms with Crippen LogP contribution in [0.25, 0.3) is 0 Å². The molecule has 1 aliphatic rings. The van der Waals surface area contributed by atoms with Gasteiger partial charge in [0.2, 0.25) is 11.8 Å². The van der Waals surface area contributed by atoms with E-state index in [-0.39, 0.29) is 30.4 Å². The molecule has 0 aromatic heterocycles. The summed E-state index contributed by atoms with van der Waals surface area (Å²) in [6.45, 7) is 1.20. The van der Waals surface area contributed by atoms with Crippen molar-refractivity contribution in [3.05, 3.63) is 29.6 Å². The van der Waals surface area contributed by atoms with Gasteiger partial charge in [0.1, 0.15) is 0 Å². The average Bonchev–Trinajstić information content (AvgIpc) is 2.87. The second-order valence-electron chi connectivity index (χ2n) is 5.79. The Hall–Kier alpha value is -2.10. The zero-order chi connectivity index (χ0) is 18.8. The fourth-order valence-electron chi connectivity index (χ4n) is 2.68. The van der Waals surface area contributed by atoms with E-state index >= 15 is 0 Å². The van der Waals surface area contributed by atoms with Crippen molar-refractivity contribution in [1.29, 1.82) is 0 Å². The predicted molar refractivity (Wildman–Crippen MR) is 84.0 cm³/mol. The fourth-order valence-corrected chi connectivity index (χ4v) is 4.41. The number of sulfone groups is 1. The minimum Gasteiger partial charge on any atom is -0.338 e. The first-order valence-electron chi connectivity index (χ1n) is 7.51. The van der Waals surface area contributed by atoms with Crippen molar-refractivity contribution < 1.29 is 31.2 Å². The summed E-state index contributed by atoms with van der Waals surface area (Å²) in [4.78, 5) is 24.9. The summed E-state index contributed by atoms with van der Waals surface area (Å²) in [7, 11) is -3.20. The molecule has 1 aromatic rings. The molecule has 1 atom stereocenters. The third-order valence-corrected chi connectivity index (χ3v) is 5.69. The Morgan fingerprint density at radius 2 is 1.92 bits per heavy atom. The third-order valence-electron chi connectivity index (χ3n) is 3.94. The van der Waals surface area contributed by atoms with Gasteiger partial charge >= 0.3 is 0 Å². The molecule has 1 aliphatic heterocycles. The van der Waals surface area contributed by atoms with Gasteiger partial charge in [-0.3, -0.25) is 9.59 Å². The van der Waals surface area contributed by atoms with Crippen LogP contribution in [0, 0.1) is 17.5 Å². The van der Waals surface area contributed by atoms with E-state index in [9.17, 15) is 31.2 Å². The lowest BCUT2D eigenvalue weighted by Gasteiger charge is -2.26. The van der Waals surface area contributed by atoms with Gasteiger partial charge in [-0.1, -0.05) is 0 Å². The molecular formula is C15H17F3N2O4S. The summed E-state index contributed by atoms with van der Waals surface area (Å²) >= 11 is 0. The molecule has 0 aliphatic carbocycles. The lowest BCUT2D eigenvalue weighted by Crippen LogP contribution is -2.41. The Labute approximate surface area is 142 Å². The summed E-state index contributed by atoms with van der Waals surface area (Å²) in [5.74, 6) is -5.86. The van der Waals surface area contributed by atoms with Gasteiger partial charge in [-0.05, 0) is 18.6 Å². The molecule has 0 bridgehead atoms. The lowest BCUT2D eigenvalue weighted by atomic mass is 10.2. The average molecular weight is 378 g/mol. The van der Waals surface area contributed by atoms with Crippen LogP contribution in [0.4, 0.5) is 18.9 Å². The first-order valence-corrected chi connectivity index (χ1v) is 9.34. The molecule has 1 aromatic carbocycles. The summed E-state index contributed by atoms with van der Waals surface area (Å²) in [6, 6.07) is 1.06. The Bertz CT molecular complexity index is 798. The van der Waals surface area contributed by atoms with E-state index in [1.54, 1.807) is 0 Å². The molecule has 1 fully saturated rings. The van der Waals surface area contributed by atoms with Crippen molar-refractivity contribution in [3.8, 4) is 0 Å². The molecule has 1 N–H and O–H groups in total. The quantitative estimate of drug-likeness (QED) is 0.787. The van der Waals surface area contributed by atoms with E-state index in [2.05, 4.69) is 5.32 Å². The highest BCUT2D eigenvalue weighted by Crippen LogP contribution is 2.21. The van der Waals surface area contributed by atoms with Crippen LogP contribution in [0.1, 0.15) is 19.8 Å². The number of hydrogen-bond acceptors (Lipinski definition) is 4. The SMILES string of the molecule is CC(=O)N(CCC(=O)Nc1ccc(F)c(F)c1F)C1CCS(=O)(=O)C1. The smallest absolute Gasteiger partial charge is 0.226 e. The van der Waals surface area contributed by atoms with Gasteiger partial charge < -0.3 is 10.2 Å². The highest BCUT2D eigenvalue weighted by atomic mass is 32.2. The standard InChI is InChI=1S/C15H17F3N2O4S/c1-9(21)20(10-5-7-25(23,24)8-10)6-4-13(22)19-12-3-2-11(16)14(17)15(12)18/h2-3,10H,4-8H2,1H3,(H,19,22). The normalized spacial score (nSPS) is 18.8. The van der Waals surface area contributed by atoms with Crippen LogP contribution in [-0.4, -0.2) is 49.2 Å². The molecule has 1 saturated heterocycles. The zero-order valence-corrected chi connectivity index (χ0v) is 14.2. The zero-order valence-electron chi connectivity index (χ0n) is 13.4. The van der Waals surface area contributed by atoms with Crippen LogP contribution in [-0.2, 0) is 19.4 Å². The van der Waals surface area contributed by atoms with E-state index in [0.29, 0.717) is 12.5 Å². The number of hydrogen-bond donors (Lipinski definition) is 1. The van der Waals surface area contributed by atoms with E-state index in [0.717, 1.165) is 6.07 Å². The van der Waals surface area contributed by atoms with Crippen molar-refractivity contribution in [1.82, 2.24) is 4.90 Å². The number of halogens is 3. The highest BCUT2D eigenvalue weighted by molar-refractivity contribution is 7.91. The number of amides is 2. The maximum atomic E-state index is 13.5. The molecule has 10 heteroatoms. The van der Waals surface area contributed by atoms with Gasteiger partial charge in [0.05, 0.1) is 17.2 Å². The predicted octanol–water partition coefficient (Wildman–Crippen LogP) is 1.47. The molecule has 1 unspecified atom stereocenters. The largest absolute Gasteiger partial charge is 0.338 e. The maximum absolute atomic E-state index is 13.5. The molecule has 6 nitrogen and oxygen atoms in total. The van der Waals surface area contributed by atoms with Crippen LogP contribution < -0.4 is 5.32 Å². The first-order chi connectivity index (χ1) is 11.6. The fraction of sp³-hybridized carbons (Fsp3) is 0.467. The first kappa shape index (κ1) is 19.2. The van der Waals surface area contributed by atoms with Gasteiger partial charge in [-0.2, -0.15) is 0 Å². The molecule has 2 rings (SSSR count). The maximum Gasteiger partial charge on any atom is 0.226 e. The van der Waals surface area contributed by atoms with Crippen molar-refractivity contribution in [3.63, 3.8) is 0 Å². The topological polar surface area (TPSA) is 83.6 Å². The molecule has 138 valence electrons. The number of nitrogens with one attached hydrogen (secondary N) is 1. The Balaban J connectivity index is 1.98. The summed E-state index contributed by atoms with van der Waals surface area (Å²) < 4.78 is 62.5. The number of benzene rings is 1. The second kappa shape index (κ2) is 7.42. The minimum absolute atomic E-state index is 0.0201. The van der Waals surface area contributed by atoms with Gasteiger partial charge in [0.15, 0.2) is 27.3 Å². The molecular weight excluding hydrogens is 361 g/mol. The molecule has 2 amide bonds. The minimum atomic E-state index is -3.20. The second-order valence-corrected chi connectivity index (χ2v) is 8.02. The van der Waals surface area contributed by atoms with E-state index in [1.807, 2.05) is 0 Å². The van der Waals surface area contributed by atoms with Crippen LogP contribution in [0.15, 0.2) is 12.1 Å². The summed E-state index contributed by atoms with van der Waals surface area (Å²) in [5.41, 5.74) is -0.512. The van der Waals surface area contributed by atoms with Crippen molar-refractivity contribution in [2.75, 3.05) is 23.4 Å². The number of carbonyl (C=O) groups excluding carboxylic acids is 2. The van der Waals surface area contributed by atoms with E-state index in [1.165, 1.54) is 11.8 Å². The summed E-state index contributed by atoms with van der Waals surface area (Å²) in [6.07, 6.45) is 0.0515. The van der Waals surface area contributed by atoms with Crippen molar-refractivity contribution in [2.45, 2.75) is 25.8 Å². The van der Waals surface area contributed by atoms with Crippen molar-refractivity contribution >= 4 is 27.3 Å². The van der Waals surface area contributed by atoms with Gasteiger partial charge in [0.25, 0.3) is 0 Å². The van der Waals surface area contributed by atoms with Gasteiger partial charge in [0, 0.05) is 25.9 Å². The van der Waals surface area contributed by atoms with Crippen LogP contribution in [0.3, 0.4) is 0 Å². The van der Waals surface area contributed by atoms with Crippen LogP contribution >= 0.6 is 0 Å². The Kier molecular flexibility index (Phi) is 5.71. The van der Waals surface area contributed by atoms with Gasteiger partial charge in [-0.15, -0.1) is 0 Å². The van der Waals surface area contributed by atoms with Crippen LogP contribution in [0.2, 0.25) is 0 Å². The molecule has 0 saturated carbocycles. The molecule has 1 heterocycles. The van der Waals surface area contributed by atoms with Gasteiger partial charge in [-0.25, -0.2) is 21.6 Å². The lowest BCUT2D eigenvalue weighted by molar-refractivity contribution is -0.131. The number of rotatable bonds is 5. The molecule has 0 radical (unpaired) electrons. The number of carbonyl (C=O) groups is 2. The molecule has 0 spiro atoms. The van der Waals surface area contributed by atoms with E-state index < -0.39 is 44.9 Å².